The van der Waals surface area contributed by atoms with Crippen molar-refractivity contribution >= 4 is 5.78 Å². The van der Waals surface area contributed by atoms with Gasteiger partial charge in [-0.1, -0.05) is 57.2 Å². The Balaban J connectivity index is 1.99. The molecule has 1 unspecified atom stereocenters. The highest BCUT2D eigenvalue weighted by atomic mass is 19.4. The van der Waals surface area contributed by atoms with E-state index in [2.05, 4.69) is 11.0 Å². The van der Waals surface area contributed by atoms with E-state index in [-0.39, 0.29) is 18.4 Å². The zero-order valence-corrected chi connectivity index (χ0v) is 15.8. The Morgan fingerprint density at radius 1 is 1.04 bits per heavy atom. The SMILES string of the molecule is CC(C)(C)C(=O)CN1CCc2ccccc2C1c1ccc(C(F)(F)F)cc1. The predicted molar refractivity (Wildman–Crippen MR) is 99.5 cm³/mol. The van der Waals surface area contributed by atoms with Gasteiger partial charge in [-0.3, -0.25) is 9.69 Å². The second kappa shape index (κ2) is 7.12. The van der Waals surface area contributed by atoms with Crippen molar-refractivity contribution in [3.63, 3.8) is 0 Å². The van der Waals surface area contributed by atoms with Crippen LogP contribution in [0.5, 0.6) is 0 Å². The lowest BCUT2D eigenvalue weighted by Gasteiger charge is -2.38. The second-order valence-electron chi connectivity index (χ2n) is 8.11. The summed E-state index contributed by atoms with van der Waals surface area (Å²) in [5.74, 6) is 0.124. The Bertz CT molecular complexity index is 819. The molecule has 0 amide bonds. The number of carbonyl (C=O) groups excluding carboxylic acids is 1. The molecule has 0 saturated heterocycles. The minimum absolute atomic E-state index is 0.124. The molecule has 2 aromatic carbocycles. The maximum Gasteiger partial charge on any atom is 0.416 e. The fraction of sp³-hybridized carbons (Fsp3) is 0.409. The second-order valence-corrected chi connectivity index (χ2v) is 8.11. The summed E-state index contributed by atoms with van der Waals surface area (Å²) in [6.45, 7) is 6.65. The van der Waals surface area contributed by atoms with Crippen LogP contribution in [0.1, 0.15) is 49.1 Å². The van der Waals surface area contributed by atoms with Gasteiger partial charge >= 0.3 is 6.18 Å². The molecule has 27 heavy (non-hydrogen) atoms. The lowest BCUT2D eigenvalue weighted by molar-refractivity contribution is -0.137. The Labute approximate surface area is 158 Å². The van der Waals surface area contributed by atoms with Crippen molar-refractivity contribution in [1.29, 1.82) is 0 Å². The third-order valence-corrected chi connectivity index (χ3v) is 5.12. The largest absolute Gasteiger partial charge is 0.416 e. The van der Waals surface area contributed by atoms with Gasteiger partial charge in [0.1, 0.15) is 0 Å². The van der Waals surface area contributed by atoms with Crippen LogP contribution in [0.4, 0.5) is 13.2 Å². The summed E-state index contributed by atoms with van der Waals surface area (Å²) in [6, 6.07) is 13.1. The molecule has 1 aliphatic heterocycles. The first kappa shape index (κ1) is 19.6. The predicted octanol–water partition coefficient (Wildman–Crippen LogP) is 5.27. The first-order chi connectivity index (χ1) is 12.6. The lowest BCUT2D eigenvalue weighted by atomic mass is 9.85. The average molecular weight is 375 g/mol. The summed E-state index contributed by atoms with van der Waals surface area (Å²) in [5, 5.41) is 0. The number of ketones is 1. The molecule has 0 N–H and O–H groups in total. The molecule has 0 aliphatic carbocycles. The summed E-state index contributed by atoms with van der Waals surface area (Å²) in [5.41, 5.74) is 1.90. The number of halogens is 3. The number of nitrogens with zero attached hydrogens (tertiary/aromatic N) is 1. The normalized spacial score (nSPS) is 18.2. The van der Waals surface area contributed by atoms with E-state index in [0.29, 0.717) is 6.54 Å². The molecule has 2 aromatic rings. The zero-order valence-electron chi connectivity index (χ0n) is 15.8. The fourth-order valence-corrected chi connectivity index (χ4v) is 3.46. The van der Waals surface area contributed by atoms with Crippen LogP contribution in [0.3, 0.4) is 0 Å². The van der Waals surface area contributed by atoms with Gasteiger partial charge in [0.25, 0.3) is 0 Å². The minimum atomic E-state index is -4.36. The molecular formula is C22H24F3NO. The molecule has 3 rings (SSSR count). The highest BCUT2D eigenvalue weighted by Gasteiger charge is 2.34. The summed E-state index contributed by atoms with van der Waals surface area (Å²) in [4.78, 5) is 14.7. The van der Waals surface area contributed by atoms with E-state index in [0.717, 1.165) is 29.7 Å². The van der Waals surface area contributed by atoms with E-state index in [4.69, 9.17) is 0 Å². The molecule has 144 valence electrons. The molecular weight excluding hydrogens is 351 g/mol. The van der Waals surface area contributed by atoms with Gasteiger partial charge in [-0.15, -0.1) is 0 Å². The van der Waals surface area contributed by atoms with Crippen LogP contribution in [0.15, 0.2) is 48.5 Å². The van der Waals surface area contributed by atoms with Crippen molar-refractivity contribution in [3.8, 4) is 0 Å². The van der Waals surface area contributed by atoms with Gasteiger partial charge in [0.2, 0.25) is 0 Å². The van der Waals surface area contributed by atoms with E-state index in [1.807, 2.05) is 39.0 Å². The van der Waals surface area contributed by atoms with Crippen LogP contribution in [-0.4, -0.2) is 23.8 Å². The molecule has 0 aromatic heterocycles. The van der Waals surface area contributed by atoms with Crippen LogP contribution in [0.25, 0.3) is 0 Å². The van der Waals surface area contributed by atoms with E-state index >= 15 is 0 Å². The standard InChI is InChI=1S/C22H24F3NO/c1-21(2,3)19(27)14-26-13-12-15-6-4-5-7-18(15)20(26)16-8-10-17(11-9-16)22(23,24)25/h4-11,20H,12-14H2,1-3H3. The number of hydrogen-bond acceptors (Lipinski definition) is 2. The number of hydrogen-bond donors (Lipinski definition) is 0. The van der Waals surface area contributed by atoms with Crippen molar-refractivity contribution in [1.82, 2.24) is 4.90 Å². The lowest BCUT2D eigenvalue weighted by Crippen LogP contribution is -2.42. The summed E-state index contributed by atoms with van der Waals surface area (Å²) in [6.07, 6.45) is -3.53. The van der Waals surface area contributed by atoms with Gasteiger partial charge in [0.05, 0.1) is 18.2 Å². The van der Waals surface area contributed by atoms with E-state index in [9.17, 15) is 18.0 Å². The topological polar surface area (TPSA) is 20.3 Å². The molecule has 0 bridgehead atoms. The van der Waals surface area contributed by atoms with Crippen LogP contribution in [0, 0.1) is 5.41 Å². The third-order valence-electron chi connectivity index (χ3n) is 5.12. The maximum atomic E-state index is 12.9. The average Bonchev–Trinajstić information content (AvgIpc) is 2.60. The van der Waals surface area contributed by atoms with Crippen LogP contribution < -0.4 is 0 Å². The van der Waals surface area contributed by atoms with Crippen LogP contribution in [0.2, 0.25) is 0 Å². The highest BCUT2D eigenvalue weighted by Crippen LogP contribution is 2.37. The molecule has 0 saturated carbocycles. The van der Waals surface area contributed by atoms with Gasteiger partial charge in [-0.25, -0.2) is 0 Å². The van der Waals surface area contributed by atoms with Gasteiger partial charge in [0.15, 0.2) is 5.78 Å². The number of carbonyl (C=O) groups is 1. The molecule has 5 heteroatoms. The Morgan fingerprint density at radius 3 is 2.26 bits per heavy atom. The van der Waals surface area contributed by atoms with Gasteiger partial charge in [-0.2, -0.15) is 13.2 Å². The Kier molecular flexibility index (Phi) is 5.17. The molecule has 2 nitrogen and oxygen atoms in total. The monoisotopic (exact) mass is 375 g/mol. The van der Waals surface area contributed by atoms with E-state index in [1.165, 1.54) is 17.7 Å². The van der Waals surface area contributed by atoms with Crippen LogP contribution >= 0.6 is 0 Å². The van der Waals surface area contributed by atoms with Gasteiger partial charge < -0.3 is 0 Å². The van der Waals surface area contributed by atoms with Crippen LogP contribution in [-0.2, 0) is 17.4 Å². The van der Waals surface area contributed by atoms with Gasteiger partial charge in [-0.05, 0) is 35.2 Å². The van der Waals surface area contributed by atoms with Crippen molar-refractivity contribution < 1.29 is 18.0 Å². The number of benzene rings is 2. The number of Topliss-reactive ketones (excluding diaryl/α,β-unsaturated/α-hetero) is 1. The van der Waals surface area contributed by atoms with Gasteiger partial charge in [0, 0.05) is 12.0 Å². The first-order valence-corrected chi connectivity index (χ1v) is 9.09. The number of alkyl halides is 3. The van der Waals surface area contributed by atoms with Crippen molar-refractivity contribution in [2.75, 3.05) is 13.1 Å². The zero-order chi connectivity index (χ0) is 19.8. The molecule has 1 aliphatic rings. The molecule has 0 spiro atoms. The van der Waals surface area contributed by atoms with E-state index < -0.39 is 17.2 Å². The smallest absolute Gasteiger partial charge is 0.298 e. The number of rotatable bonds is 3. The summed E-state index contributed by atoms with van der Waals surface area (Å²) >= 11 is 0. The highest BCUT2D eigenvalue weighted by molar-refractivity contribution is 5.85. The van der Waals surface area contributed by atoms with Crippen molar-refractivity contribution in [2.24, 2.45) is 5.41 Å². The fourth-order valence-electron chi connectivity index (χ4n) is 3.46. The van der Waals surface area contributed by atoms with Crippen molar-refractivity contribution in [2.45, 2.75) is 39.4 Å². The van der Waals surface area contributed by atoms with E-state index in [1.54, 1.807) is 0 Å². The summed E-state index contributed by atoms with van der Waals surface area (Å²) < 4.78 is 38.8. The quantitative estimate of drug-likeness (QED) is 0.729. The van der Waals surface area contributed by atoms with Crippen molar-refractivity contribution in [3.05, 3.63) is 70.8 Å². The Morgan fingerprint density at radius 2 is 1.67 bits per heavy atom. The number of fused-ring (bicyclic) bond motifs is 1. The Hall–Kier alpha value is -2.14. The first-order valence-electron chi connectivity index (χ1n) is 9.09. The maximum absolute atomic E-state index is 12.9. The minimum Gasteiger partial charge on any atom is -0.298 e. The molecule has 1 heterocycles. The molecule has 0 fully saturated rings. The third kappa shape index (κ3) is 4.24. The molecule has 1 atom stereocenters. The molecule has 0 radical (unpaired) electrons. The summed E-state index contributed by atoms with van der Waals surface area (Å²) in [7, 11) is 0.